The Morgan fingerprint density at radius 3 is 2.33 bits per heavy atom. The molecule has 0 aliphatic carbocycles. The maximum absolute atomic E-state index is 3.50. The van der Waals surface area contributed by atoms with Crippen molar-refractivity contribution in [3.8, 4) is 10.4 Å². The lowest BCUT2D eigenvalue weighted by molar-refractivity contribution is 0.701. The molecule has 3 aromatic rings. The Bertz CT molecular complexity index is 689. The molecule has 0 radical (unpaired) electrons. The van der Waals surface area contributed by atoms with Crippen molar-refractivity contribution in [2.45, 2.75) is 13.1 Å². The lowest BCUT2D eigenvalue weighted by atomic mass is 10.2. The van der Waals surface area contributed by atoms with E-state index in [9.17, 15) is 0 Å². The average molecular weight is 358 g/mol. The van der Waals surface area contributed by atoms with Gasteiger partial charge in [-0.25, -0.2) is 0 Å². The minimum Gasteiger partial charge on any atom is -0.308 e. The molecule has 0 fully saturated rings. The first-order valence-corrected chi connectivity index (χ1v) is 8.51. The highest BCUT2D eigenvalue weighted by atomic mass is 79.9. The lowest BCUT2D eigenvalue weighted by Crippen LogP contribution is -2.11. The molecule has 21 heavy (non-hydrogen) atoms. The van der Waals surface area contributed by atoms with Gasteiger partial charge in [0.1, 0.15) is 0 Å². The zero-order valence-electron chi connectivity index (χ0n) is 11.6. The molecule has 1 N–H and O–H groups in total. The summed E-state index contributed by atoms with van der Waals surface area (Å²) in [5, 5.41) is 3.50. The van der Waals surface area contributed by atoms with E-state index < -0.39 is 0 Å². The fourth-order valence-electron chi connectivity index (χ4n) is 2.16. The Morgan fingerprint density at radius 1 is 0.810 bits per heavy atom. The maximum Gasteiger partial charge on any atom is 0.0346 e. The SMILES string of the molecule is Brc1ccc(CNCc2ccc(-c3ccccc3)s2)cc1. The molecule has 0 amide bonds. The molecule has 0 bridgehead atoms. The van der Waals surface area contributed by atoms with Gasteiger partial charge >= 0.3 is 0 Å². The molecule has 0 aliphatic heterocycles. The number of hydrogen-bond donors (Lipinski definition) is 1. The van der Waals surface area contributed by atoms with E-state index in [-0.39, 0.29) is 0 Å². The van der Waals surface area contributed by atoms with Gasteiger partial charge in [0.05, 0.1) is 0 Å². The monoisotopic (exact) mass is 357 g/mol. The first kappa shape index (κ1) is 14.5. The van der Waals surface area contributed by atoms with Gasteiger partial charge in [0.2, 0.25) is 0 Å². The van der Waals surface area contributed by atoms with Crippen molar-refractivity contribution in [2.75, 3.05) is 0 Å². The van der Waals surface area contributed by atoms with Crippen molar-refractivity contribution in [2.24, 2.45) is 0 Å². The summed E-state index contributed by atoms with van der Waals surface area (Å²) >= 11 is 5.31. The standard InChI is InChI=1S/C18H16BrNS/c19-16-8-6-14(7-9-16)12-20-13-17-10-11-18(21-17)15-4-2-1-3-5-15/h1-11,20H,12-13H2. The predicted molar refractivity (Wildman–Crippen MR) is 94.4 cm³/mol. The van der Waals surface area contributed by atoms with E-state index in [1.807, 2.05) is 11.3 Å². The molecule has 1 nitrogen and oxygen atoms in total. The Balaban J connectivity index is 1.57. The Morgan fingerprint density at radius 2 is 1.57 bits per heavy atom. The second-order valence-corrected chi connectivity index (χ2v) is 6.95. The topological polar surface area (TPSA) is 12.0 Å². The van der Waals surface area contributed by atoms with Crippen LogP contribution in [0.5, 0.6) is 0 Å². The van der Waals surface area contributed by atoms with Gasteiger partial charge in [0, 0.05) is 27.3 Å². The average Bonchev–Trinajstić information content (AvgIpc) is 2.99. The molecular formula is C18H16BrNS. The van der Waals surface area contributed by atoms with Crippen molar-refractivity contribution in [3.05, 3.63) is 81.6 Å². The van der Waals surface area contributed by atoms with Crippen LogP contribution in [0.2, 0.25) is 0 Å². The smallest absolute Gasteiger partial charge is 0.0346 e. The summed E-state index contributed by atoms with van der Waals surface area (Å²) in [5.41, 5.74) is 2.60. The molecule has 3 rings (SSSR count). The van der Waals surface area contributed by atoms with Gasteiger partial charge in [-0.1, -0.05) is 58.4 Å². The van der Waals surface area contributed by atoms with Crippen LogP contribution in [0, 0.1) is 0 Å². The third-order valence-electron chi connectivity index (χ3n) is 3.26. The number of nitrogens with one attached hydrogen (secondary N) is 1. The van der Waals surface area contributed by atoms with Gasteiger partial charge in [-0.15, -0.1) is 11.3 Å². The van der Waals surface area contributed by atoms with Crippen molar-refractivity contribution in [1.82, 2.24) is 5.32 Å². The number of halogens is 1. The second kappa shape index (κ2) is 7.03. The van der Waals surface area contributed by atoms with Gasteiger partial charge < -0.3 is 5.32 Å². The van der Waals surface area contributed by atoms with Crippen LogP contribution in [0.25, 0.3) is 10.4 Å². The summed E-state index contributed by atoms with van der Waals surface area (Å²) in [6.45, 7) is 1.80. The highest BCUT2D eigenvalue weighted by molar-refractivity contribution is 9.10. The van der Waals surface area contributed by atoms with Crippen LogP contribution < -0.4 is 5.32 Å². The molecule has 1 heterocycles. The summed E-state index contributed by atoms with van der Waals surface area (Å²) in [6, 6.07) is 23.4. The lowest BCUT2D eigenvalue weighted by Gasteiger charge is -2.03. The van der Waals surface area contributed by atoms with Crippen LogP contribution in [-0.4, -0.2) is 0 Å². The summed E-state index contributed by atoms with van der Waals surface area (Å²) in [6.07, 6.45) is 0. The van der Waals surface area contributed by atoms with Gasteiger partial charge in [-0.05, 0) is 35.4 Å². The van der Waals surface area contributed by atoms with Gasteiger partial charge in [0.25, 0.3) is 0 Å². The van der Waals surface area contributed by atoms with Crippen LogP contribution in [-0.2, 0) is 13.1 Å². The van der Waals surface area contributed by atoms with Crippen LogP contribution in [0.1, 0.15) is 10.4 Å². The third kappa shape index (κ3) is 4.03. The summed E-state index contributed by atoms with van der Waals surface area (Å²) in [4.78, 5) is 2.70. The summed E-state index contributed by atoms with van der Waals surface area (Å²) in [7, 11) is 0. The van der Waals surface area contributed by atoms with E-state index in [0.29, 0.717) is 0 Å². The number of rotatable bonds is 5. The molecule has 0 aliphatic rings. The molecular weight excluding hydrogens is 342 g/mol. The first-order chi connectivity index (χ1) is 10.3. The molecule has 0 spiro atoms. The molecule has 1 aromatic heterocycles. The van der Waals surface area contributed by atoms with E-state index in [1.54, 1.807) is 0 Å². The highest BCUT2D eigenvalue weighted by Gasteiger charge is 2.02. The van der Waals surface area contributed by atoms with Crippen molar-refractivity contribution in [3.63, 3.8) is 0 Å². The van der Waals surface area contributed by atoms with Crippen molar-refractivity contribution < 1.29 is 0 Å². The van der Waals surface area contributed by atoms with Crippen molar-refractivity contribution >= 4 is 27.3 Å². The Kier molecular flexibility index (Phi) is 4.86. The molecule has 106 valence electrons. The first-order valence-electron chi connectivity index (χ1n) is 6.90. The van der Waals surface area contributed by atoms with E-state index in [4.69, 9.17) is 0 Å². The highest BCUT2D eigenvalue weighted by Crippen LogP contribution is 2.27. The predicted octanol–water partition coefficient (Wildman–Crippen LogP) is 5.47. The largest absolute Gasteiger partial charge is 0.308 e. The van der Waals surface area contributed by atoms with Gasteiger partial charge in [0.15, 0.2) is 0 Å². The van der Waals surface area contributed by atoms with Crippen molar-refractivity contribution in [1.29, 1.82) is 0 Å². The normalized spacial score (nSPS) is 10.7. The quantitative estimate of drug-likeness (QED) is 0.638. The summed E-state index contributed by atoms with van der Waals surface area (Å²) in [5.74, 6) is 0. The fourth-order valence-corrected chi connectivity index (χ4v) is 3.41. The van der Waals surface area contributed by atoms with Crippen LogP contribution in [0.15, 0.2) is 71.2 Å². The zero-order valence-corrected chi connectivity index (χ0v) is 14.0. The third-order valence-corrected chi connectivity index (χ3v) is 4.92. The number of benzene rings is 2. The Labute approximate surface area is 137 Å². The van der Waals surface area contributed by atoms with Gasteiger partial charge in [-0.2, -0.15) is 0 Å². The maximum atomic E-state index is 3.50. The minimum absolute atomic E-state index is 0.895. The number of hydrogen-bond acceptors (Lipinski definition) is 2. The van der Waals surface area contributed by atoms with E-state index >= 15 is 0 Å². The molecule has 0 saturated carbocycles. The Hall–Kier alpha value is -1.42. The molecule has 3 heteroatoms. The zero-order chi connectivity index (χ0) is 14.5. The summed E-state index contributed by atoms with van der Waals surface area (Å²) < 4.78 is 1.12. The number of thiophene rings is 1. The van der Waals surface area contributed by atoms with Crippen LogP contribution in [0.3, 0.4) is 0 Å². The molecule has 0 atom stereocenters. The van der Waals surface area contributed by atoms with E-state index in [1.165, 1.54) is 20.9 Å². The fraction of sp³-hybridized carbons (Fsp3) is 0.111. The van der Waals surface area contributed by atoms with Crippen LogP contribution in [0.4, 0.5) is 0 Å². The molecule has 0 unspecified atom stereocenters. The van der Waals surface area contributed by atoms with E-state index in [2.05, 4.69) is 88.0 Å². The van der Waals surface area contributed by atoms with Gasteiger partial charge in [-0.3, -0.25) is 0 Å². The molecule has 0 saturated heterocycles. The molecule has 2 aromatic carbocycles. The second-order valence-electron chi connectivity index (χ2n) is 4.86. The minimum atomic E-state index is 0.895. The van der Waals surface area contributed by atoms with E-state index in [0.717, 1.165) is 17.6 Å². The van der Waals surface area contributed by atoms with Crippen LogP contribution >= 0.6 is 27.3 Å².